The van der Waals surface area contributed by atoms with Crippen molar-refractivity contribution in [1.82, 2.24) is 0 Å². The van der Waals surface area contributed by atoms with Crippen molar-refractivity contribution in [2.45, 2.75) is 30.7 Å². The van der Waals surface area contributed by atoms with Gasteiger partial charge in [0, 0.05) is 35.5 Å². The van der Waals surface area contributed by atoms with Crippen molar-refractivity contribution in [3.63, 3.8) is 0 Å². The molecule has 5 atom stereocenters. The number of methoxy groups -OCH3 is 5. The Morgan fingerprint density at radius 1 is 0.765 bits per heavy atom. The Morgan fingerprint density at radius 2 is 1.35 bits per heavy atom. The Balaban J connectivity index is 2.84. The first-order valence-corrected chi connectivity index (χ1v) is 5.49. The van der Waals surface area contributed by atoms with Crippen LogP contribution >= 0.6 is 0 Å². The first-order valence-electron chi connectivity index (χ1n) is 5.49. The van der Waals surface area contributed by atoms with Crippen LogP contribution in [0.4, 0.5) is 0 Å². The van der Waals surface area contributed by atoms with Gasteiger partial charge in [0.05, 0.1) is 6.61 Å². The predicted octanol–water partition coefficient (Wildman–Crippen LogP) is 0.0491. The highest BCUT2D eigenvalue weighted by Crippen LogP contribution is 2.27. The predicted molar refractivity (Wildman–Crippen MR) is 59.9 cm³/mol. The lowest BCUT2D eigenvalue weighted by molar-refractivity contribution is -0.307. The van der Waals surface area contributed by atoms with Crippen molar-refractivity contribution in [2.75, 3.05) is 42.2 Å². The number of rotatable bonds is 6. The maximum absolute atomic E-state index is 5.74. The summed E-state index contributed by atoms with van der Waals surface area (Å²) in [4.78, 5) is 0. The summed E-state index contributed by atoms with van der Waals surface area (Å²) in [6.45, 7) is 0.411. The van der Waals surface area contributed by atoms with Crippen molar-refractivity contribution in [2.24, 2.45) is 0 Å². The van der Waals surface area contributed by atoms with E-state index >= 15 is 0 Å². The molecule has 0 radical (unpaired) electrons. The zero-order chi connectivity index (χ0) is 12.8. The molecule has 1 rings (SSSR count). The summed E-state index contributed by atoms with van der Waals surface area (Å²) in [6.07, 6.45) is -1.58. The van der Waals surface area contributed by atoms with Crippen LogP contribution in [-0.4, -0.2) is 72.9 Å². The maximum Gasteiger partial charge on any atom is 0.186 e. The van der Waals surface area contributed by atoms with Crippen LogP contribution in [0.2, 0.25) is 0 Å². The van der Waals surface area contributed by atoms with Crippen LogP contribution in [0, 0.1) is 0 Å². The SMILES string of the molecule is COCC1OC(OC)C(OC)[C@@H](OC)[C@H]1OC. The molecule has 0 aromatic carbocycles. The highest BCUT2D eigenvalue weighted by atomic mass is 16.7. The van der Waals surface area contributed by atoms with E-state index in [1.807, 2.05) is 0 Å². The minimum Gasteiger partial charge on any atom is -0.382 e. The smallest absolute Gasteiger partial charge is 0.186 e. The standard InChI is InChI=1S/C11H22O6/c1-12-6-7-8(13-2)9(14-3)10(15-4)11(16-5)17-7/h7-11H,6H2,1-5H3/t7?,8-,9-,10?,11?/m0/s1. The summed E-state index contributed by atoms with van der Waals surface area (Å²) < 4.78 is 32.3. The first kappa shape index (κ1) is 14.8. The molecule has 3 unspecified atom stereocenters. The zero-order valence-corrected chi connectivity index (χ0v) is 11.0. The fourth-order valence-electron chi connectivity index (χ4n) is 2.17. The molecule has 6 heteroatoms. The molecule has 1 heterocycles. The van der Waals surface area contributed by atoms with E-state index in [9.17, 15) is 0 Å². The van der Waals surface area contributed by atoms with Gasteiger partial charge >= 0.3 is 0 Å². The molecule has 0 amide bonds. The topological polar surface area (TPSA) is 55.4 Å². The van der Waals surface area contributed by atoms with Gasteiger partial charge in [0.1, 0.15) is 24.4 Å². The van der Waals surface area contributed by atoms with Crippen LogP contribution < -0.4 is 0 Å². The van der Waals surface area contributed by atoms with Gasteiger partial charge in [-0.25, -0.2) is 0 Å². The molecule has 6 nitrogen and oxygen atoms in total. The van der Waals surface area contributed by atoms with Crippen molar-refractivity contribution in [3.05, 3.63) is 0 Å². The first-order chi connectivity index (χ1) is 8.23. The van der Waals surface area contributed by atoms with Crippen LogP contribution in [0.1, 0.15) is 0 Å². The lowest BCUT2D eigenvalue weighted by atomic mass is 9.98. The summed E-state index contributed by atoms with van der Waals surface area (Å²) >= 11 is 0. The number of ether oxygens (including phenoxy) is 6. The Morgan fingerprint density at radius 3 is 1.76 bits per heavy atom. The third kappa shape index (κ3) is 3.15. The Labute approximate surface area is 102 Å². The molecule has 0 aromatic rings. The molecule has 1 aliphatic rings. The van der Waals surface area contributed by atoms with E-state index in [-0.39, 0.29) is 24.4 Å². The van der Waals surface area contributed by atoms with Gasteiger partial charge in [0.15, 0.2) is 6.29 Å². The second-order valence-electron chi connectivity index (χ2n) is 3.83. The zero-order valence-electron chi connectivity index (χ0n) is 11.0. The van der Waals surface area contributed by atoms with Gasteiger partial charge < -0.3 is 28.4 Å². The molecule has 0 saturated carbocycles. The molecule has 0 bridgehead atoms. The fourth-order valence-corrected chi connectivity index (χ4v) is 2.17. The summed E-state index contributed by atoms with van der Waals surface area (Å²) in [5.74, 6) is 0. The van der Waals surface area contributed by atoms with Gasteiger partial charge in [-0.1, -0.05) is 0 Å². The van der Waals surface area contributed by atoms with E-state index < -0.39 is 6.29 Å². The van der Waals surface area contributed by atoms with Crippen LogP contribution in [0.5, 0.6) is 0 Å². The molecular formula is C11H22O6. The minimum absolute atomic E-state index is 0.244. The van der Waals surface area contributed by atoms with Gasteiger partial charge in [-0.05, 0) is 0 Å². The van der Waals surface area contributed by atoms with E-state index in [4.69, 9.17) is 28.4 Å². The van der Waals surface area contributed by atoms with E-state index in [0.29, 0.717) is 6.61 Å². The van der Waals surface area contributed by atoms with Gasteiger partial charge in [-0.3, -0.25) is 0 Å². The normalized spacial score (nSPS) is 38.3. The average Bonchev–Trinajstić information content (AvgIpc) is 2.37. The van der Waals surface area contributed by atoms with Crippen molar-refractivity contribution in [1.29, 1.82) is 0 Å². The Hall–Kier alpha value is -0.240. The highest BCUT2D eigenvalue weighted by molar-refractivity contribution is 4.92. The molecule has 1 aliphatic heterocycles. The van der Waals surface area contributed by atoms with Gasteiger partial charge in [0.2, 0.25) is 0 Å². The summed E-state index contributed by atoms with van der Waals surface area (Å²) in [7, 11) is 8.01. The third-order valence-corrected chi connectivity index (χ3v) is 2.97. The second kappa shape index (κ2) is 7.25. The van der Waals surface area contributed by atoms with E-state index in [0.717, 1.165) is 0 Å². The van der Waals surface area contributed by atoms with Crippen molar-refractivity contribution >= 4 is 0 Å². The van der Waals surface area contributed by atoms with E-state index in [1.165, 1.54) is 0 Å². The van der Waals surface area contributed by atoms with Crippen LogP contribution in [-0.2, 0) is 28.4 Å². The van der Waals surface area contributed by atoms with Crippen LogP contribution in [0.15, 0.2) is 0 Å². The number of hydrogen-bond acceptors (Lipinski definition) is 6. The van der Waals surface area contributed by atoms with Crippen molar-refractivity contribution in [3.8, 4) is 0 Å². The van der Waals surface area contributed by atoms with Gasteiger partial charge in [0.25, 0.3) is 0 Å². The lowest BCUT2D eigenvalue weighted by Gasteiger charge is -2.44. The van der Waals surface area contributed by atoms with Gasteiger partial charge in [-0.2, -0.15) is 0 Å². The molecular weight excluding hydrogens is 228 g/mol. The Bertz CT molecular complexity index is 212. The second-order valence-corrected chi connectivity index (χ2v) is 3.83. The fraction of sp³-hybridized carbons (Fsp3) is 1.00. The molecule has 0 spiro atoms. The highest BCUT2D eigenvalue weighted by Gasteiger charge is 2.47. The van der Waals surface area contributed by atoms with E-state index in [1.54, 1.807) is 35.5 Å². The third-order valence-electron chi connectivity index (χ3n) is 2.97. The molecule has 0 N–H and O–H groups in total. The maximum atomic E-state index is 5.74. The molecule has 1 saturated heterocycles. The lowest BCUT2D eigenvalue weighted by Crippen LogP contribution is -2.61. The van der Waals surface area contributed by atoms with Crippen LogP contribution in [0.25, 0.3) is 0 Å². The largest absolute Gasteiger partial charge is 0.382 e. The Kier molecular flexibility index (Phi) is 6.32. The average molecular weight is 250 g/mol. The summed E-state index contributed by atoms with van der Waals surface area (Å²) in [5.41, 5.74) is 0. The summed E-state index contributed by atoms with van der Waals surface area (Å²) in [6, 6.07) is 0. The van der Waals surface area contributed by atoms with Gasteiger partial charge in [-0.15, -0.1) is 0 Å². The molecule has 0 aromatic heterocycles. The molecule has 102 valence electrons. The number of hydrogen-bond donors (Lipinski definition) is 0. The van der Waals surface area contributed by atoms with Crippen LogP contribution in [0.3, 0.4) is 0 Å². The molecule has 0 aliphatic carbocycles. The monoisotopic (exact) mass is 250 g/mol. The molecule has 17 heavy (non-hydrogen) atoms. The minimum atomic E-state index is -0.489. The van der Waals surface area contributed by atoms with E-state index in [2.05, 4.69) is 0 Å². The summed E-state index contributed by atoms with van der Waals surface area (Å²) in [5, 5.41) is 0. The van der Waals surface area contributed by atoms with Crippen molar-refractivity contribution < 1.29 is 28.4 Å². The quantitative estimate of drug-likeness (QED) is 0.664. The molecule has 1 fully saturated rings.